The van der Waals surface area contributed by atoms with Crippen LogP contribution >= 0.6 is 0 Å². The summed E-state index contributed by atoms with van der Waals surface area (Å²) in [6.07, 6.45) is 0. The van der Waals surface area contributed by atoms with E-state index in [1.54, 1.807) is 24.3 Å². The van der Waals surface area contributed by atoms with Gasteiger partial charge in [-0.05, 0) is 18.2 Å². The van der Waals surface area contributed by atoms with Gasteiger partial charge in [-0.15, -0.1) is 0 Å². The first-order valence-corrected chi connectivity index (χ1v) is 7.45. The van der Waals surface area contributed by atoms with Crippen molar-refractivity contribution < 1.29 is 29.2 Å². The van der Waals surface area contributed by atoms with Crippen molar-refractivity contribution in [1.82, 2.24) is 5.06 Å². The monoisotopic (exact) mass is 360 g/mol. The van der Waals surface area contributed by atoms with E-state index >= 15 is 0 Å². The lowest BCUT2D eigenvalue weighted by Gasteiger charge is -2.20. The van der Waals surface area contributed by atoms with Crippen LogP contribution in [0.15, 0.2) is 48.5 Å². The number of benzene rings is 2. The van der Waals surface area contributed by atoms with Crippen molar-refractivity contribution in [3.05, 3.63) is 69.8 Å². The lowest BCUT2D eigenvalue weighted by atomic mass is 10.2. The summed E-state index contributed by atoms with van der Waals surface area (Å²) < 4.78 is 5.18. The van der Waals surface area contributed by atoms with Gasteiger partial charge in [-0.1, -0.05) is 18.2 Å². The Labute approximate surface area is 148 Å². The van der Waals surface area contributed by atoms with Crippen molar-refractivity contribution >= 4 is 17.6 Å². The molecule has 9 nitrogen and oxygen atoms in total. The molecule has 0 aliphatic rings. The van der Waals surface area contributed by atoms with Crippen LogP contribution in [0.3, 0.4) is 0 Å². The van der Waals surface area contributed by atoms with E-state index in [0.717, 1.165) is 12.1 Å². The molecule has 0 saturated carbocycles. The highest BCUT2D eigenvalue weighted by atomic mass is 16.7. The maximum atomic E-state index is 12.5. The van der Waals surface area contributed by atoms with Crippen molar-refractivity contribution in [1.29, 1.82) is 0 Å². The minimum absolute atomic E-state index is 0.0666. The van der Waals surface area contributed by atoms with Crippen LogP contribution in [0.5, 0.6) is 5.75 Å². The third kappa shape index (κ3) is 4.77. The predicted molar refractivity (Wildman–Crippen MR) is 89.6 cm³/mol. The van der Waals surface area contributed by atoms with Crippen LogP contribution in [0, 0.1) is 10.1 Å². The van der Waals surface area contributed by atoms with Crippen LogP contribution < -0.4 is 4.74 Å². The third-order valence-corrected chi connectivity index (χ3v) is 3.40. The van der Waals surface area contributed by atoms with Gasteiger partial charge >= 0.3 is 5.97 Å². The molecule has 2 aromatic rings. The molecular weight excluding hydrogens is 344 g/mol. The standard InChI is InChI=1S/C17H16N2O7/c1-25-15-5-3-2-4-13(15)11-26-18(10-16(20)21)17(22)12-6-8-14(9-7-12)19(23)24/h2-9H,10-11H2,1H3,(H,20,21). The van der Waals surface area contributed by atoms with E-state index in [1.165, 1.54) is 19.2 Å². The highest BCUT2D eigenvalue weighted by molar-refractivity contribution is 5.95. The SMILES string of the molecule is COc1ccccc1CON(CC(=O)O)C(=O)c1ccc([N+](=O)[O-])cc1. The predicted octanol–water partition coefficient (Wildman–Crippen LogP) is 2.26. The Bertz CT molecular complexity index is 805. The van der Waals surface area contributed by atoms with Gasteiger partial charge in [-0.25, -0.2) is 5.06 Å². The molecule has 0 aromatic heterocycles. The number of methoxy groups -OCH3 is 1. The number of nitro groups is 1. The Hall–Kier alpha value is -3.46. The van der Waals surface area contributed by atoms with Gasteiger partial charge in [0.05, 0.1) is 12.0 Å². The van der Waals surface area contributed by atoms with E-state index in [9.17, 15) is 19.7 Å². The molecule has 26 heavy (non-hydrogen) atoms. The first-order valence-electron chi connectivity index (χ1n) is 7.45. The lowest BCUT2D eigenvalue weighted by Crippen LogP contribution is -2.35. The van der Waals surface area contributed by atoms with Crippen molar-refractivity contribution in [2.75, 3.05) is 13.7 Å². The summed E-state index contributed by atoms with van der Waals surface area (Å²) in [6.45, 7) is -0.777. The Morgan fingerprint density at radius 3 is 2.38 bits per heavy atom. The maximum Gasteiger partial charge on any atom is 0.325 e. The summed E-state index contributed by atoms with van der Waals surface area (Å²) in [5, 5.41) is 20.4. The molecule has 2 aromatic carbocycles. The van der Waals surface area contributed by atoms with Crippen LogP contribution in [0.2, 0.25) is 0 Å². The fraction of sp³-hybridized carbons (Fsp3) is 0.176. The minimum atomic E-state index is -1.26. The molecule has 1 N–H and O–H groups in total. The van der Waals surface area contributed by atoms with Crippen LogP contribution in [-0.4, -0.2) is 40.6 Å². The molecule has 0 bridgehead atoms. The van der Waals surface area contributed by atoms with Gasteiger partial charge in [-0.3, -0.25) is 24.5 Å². The van der Waals surface area contributed by atoms with E-state index < -0.39 is 23.3 Å². The van der Waals surface area contributed by atoms with Gasteiger partial charge in [0.2, 0.25) is 0 Å². The topological polar surface area (TPSA) is 119 Å². The highest BCUT2D eigenvalue weighted by Crippen LogP contribution is 2.19. The van der Waals surface area contributed by atoms with E-state index in [2.05, 4.69) is 0 Å². The molecule has 1 amide bonds. The number of rotatable bonds is 8. The van der Waals surface area contributed by atoms with Crippen molar-refractivity contribution in [3.8, 4) is 5.75 Å². The number of nitro benzene ring substituents is 1. The molecule has 9 heteroatoms. The van der Waals surface area contributed by atoms with E-state index in [4.69, 9.17) is 14.7 Å². The van der Waals surface area contributed by atoms with E-state index in [0.29, 0.717) is 16.4 Å². The van der Waals surface area contributed by atoms with Gasteiger partial charge in [0.1, 0.15) is 18.9 Å². The summed E-state index contributed by atoms with van der Waals surface area (Å²) in [6, 6.07) is 11.7. The van der Waals surface area contributed by atoms with Crippen LogP contribution in [-0.2, 0) is 16.2 Å². The summed E-state index contributed by atoms with van der Waals surface area (Å²) in [5.41, 5.74) is 0.514. The molecule has 2 rings (SSSR count). The van der Waals surface area contributed by atoms with Crippen molar-refractivity contribution in [2.24, 2.45) is 0 Å². The zero-order chi connectivity index (χ0) is 19.1. The molecule has 0 atom stereocenters. The Morgan fingerprint density at radius 1 is 1.15 bits per heavy atom. The number of hydroxylamine groups is 2. The number of carboxylic acid groups (broad SMARTS) is 1. The van der Waals surface area contributed by atoms with E-state index in [1.807, 2.05) is 0 Å². The smallest absolute Gasteiger partial charge is 0.325 e. The largest absolute Gasteiger partial charge is 0.496 e. The Kier molecular flexibility index (Phi) is 6.23. The maximum absolute atomic E-state index is 12.5. The molecule has 0 fully saturated rings. The second-order valence-electron chi connectivity index (χ2n) is 5.12. The Morgan fingerprint density at radius 2 is 1.81 bits per heavy atom. The van der Waals surface area contributed by atoms with Crippen LogP contribution in [0.4, 0.5) is 5.69 Å². The minimum Gasteiger partial charge on any atom is -0.496 e. The normalized spacial score (nSPS) is 10.2. The lowest BCUT2D eigenvalue weighted by molar-refractivity contribution is -0.384. The van der Waals surface area contributed by atoms with Crippen molar-refractivity contribution in [2.45, 2.75) is 6.61 Å². The molecule has 0 aliphatic heterocycles. The number of ether oxygens (including phenoxy) is 1. The zero-order valence-corrected chi connectivity index (χ0v) is 13.8. The molecule has 0 unspecified atom stereocenters. The average Bonchev–Trinajstić information content (AvgIpc) is 2.64. The molecule has 0 heterocycles. The number of nitrogens with zero attached hydrogens (tertiary/aromatic N) is 2. The number of amides is 1. The van der Waals surface area contributed by atoms with E-state index in [-0.39, 0.29) is 17.9 Å². The fourth-order valence-corrected chi connectivity index (χ4v) is 2.14. The van der Waals surface area contributed by atoms with Gasteiger partial charge in [0.25, 0.3) is 11.6 Å². The summed E-state index contributed by atoms with van der Waals surface area (Å²) in [7, 11) is 1.48. The molecule has 0 spiro atoms. The Balaban J connectivity index is 2.16. The number of hydrogen-bond acceptors (Lipinski definition) is 6. The first-order chi connectivity index (χ1) is 12.4. The number of non-ortho nitro benzene ring substituents is 1. The third-order valence-electron chi connectivity index (χ3n) is 3.40. The number of carbonyl (C=O) groups is 2. The highest BCUT2D eigenvalue weighted by Gasteiger charge is 2.21. The number of hydrogen-bond donors (Lipinski definition) is 1. The van der Waals surface area contributed by atoms with Crippen molar-refractivity contribution in [3.63, 3.8) is 0 Å². The van der Waals surface area contributed by atoms with Crippen LogP contribution in [0.25, 0.3) is 0 Å². The van der Waals surface area contributed by atoms with Crippen LogP contribution in [0.1, 0.15) is 15.9 Å². The molecule has 136 valence electrons. The second-order valence-corrected chi connectivity index (χ2v) is 5.12. The zero-order valence-electron chi connectivity index (χ0n) is 13.8. The van der Waals surface area contributed by atoms with Gasteiger partial charge in [-0.2, -0.15) is 0 Å². The number of carboxylic acids is 1. The number of para-hydroxylation sites is 1. The fourth-order valence-electron chi connectivity index (χ4n) is 2.14. The van der Waals surface area contributed by atoms with Gasteiger partial charge in [0, 0.05) is 23.3 Å². The summed E-state index contributed by atoms with van der Waals surface area (Å²) >= 11 is 0. The van der Waals surface area contributed by atoms with Gasteiger partial charge in [0.15, 0.2) is 0 Å². The molecule has 0 aliphatic carbocycles. The summed E-state index contributed by atoms with van der Waals surface area (Å²) in [5.74, 6) is -1.46. The summed E-state index contributed by atoms with van der Waals surface area (Å²) in [4.78, 5) is 39.0. The van der Waals surface area contributed by atoms with Gasteiger partial charge < -0.3 is 9.84 Å². The average molecular weight is 360 g/mol. The quantitative estimate of drug-likeness (QED) is 0.566. The number of aliphatic carboxylic acids is 1. The molecular formula is C17H16N2O7. The second kappa shape index (κ2) is 8.58. The number of carbonyl (C=O) groups excluding carboxylic acids is 1. The molecule has 0 radical (unpaired) electrons. The first kappa shape index (κ1) is 18.9. The molecule has 0 saturated heterocycles.